The fraction of sp³-hybridized carbons (Fsp3) is 0.0784. The Labute approximate surface area is 326 Å². The molecule has 0 amide bonds. The Morgan fingerprint density at radius 2 is 1.14 bits per heavy atom. The first-order valence-electron chi connectivity index (χ1n) is 19.2. The van der Waals surface area contributed by atoms with Crippen LogP contribution in [0.5, 0.6) is 0 Å². The molecular formula is C51H37N5. The molecule has 2 aliphatic heterocycles. The maximum absolute atomic E-state index is 4.70. The van der Waals surface area contributed by atoms with Crippen LogP contribution in [0, 0.1) is 0 Å². The van der Waals surface area contributed by atoms with Gasteiger partial charge in [-0.15, -0.1) is 0 Å². The van der Waals surface area contributed by atoms with Gasteiger partial charge >= 0.3 is 0 Å². The molecule has 0 N–H and O–H groups in total. The summed E-state index contributed by atoms with van der Waals surface area (Å²) >= 11 is 0. The van der Waals surface area contributed by atoms with Gasteiger partial charge in [-0.25, -0.2) is 15.0 Å². The average molecular weight is 720 g/mol. The SMILES string of the molecule is CC1(C)c2ccccc2-c2cc3c(-c4ccc(C5=C(c6ncncn6)N(c6ccccc6)C6=CC=CCN65)cc4)c4ccccc4c(-c4ccccc4)c3cc21. The quantitative estimate of drug-likeness (QED) is 0.166. The van der Waals surface area contributed by atoms with Gasteiger partial charge in [0, 0.05) is 23.2 Å². The molecule has 11 rings (SSSR count). The van der Waals surface area contributed by atoms with Gasteiger partial charge in [0.15, 0.2) is 5.82 Å². The van der Waals surface area contributed by atoms with Crippen molar-refractivity contribution < 1.29 is 0 Å². The maximum atomic E-state index is 4.70. The lowest BCUT2D eigenvalue weighted by atomic mass is 9.79. The lowest BCUT2D eigenvalue weighted by Crippen LogP contribution is -2.26. The molecule has 8 aromatic rings. The molecule has 266 valence electrons. The topological polar surface area (TPSA) is 45.2 Å². The first-order chi connectivity index (χ1) is 27.6. The molecule has 0 unspecified atom stereocenters. The summed E-state index contributed by atoms with van der Waals surface area (Å²) in [5, 5.41) is 5.03. The van der Waals surface area contributed by atoms with Crippen LogP contribution in [0.1, 0.15) is 36.4 Å². The number of hydrogen-bond acceptors (Lipinski definition) is 5. The summed E-state index contributed by atoms with van der Waals surface area (Å²) in [5.41, 5.74) is 14.4. The zero-order chi connectivity index (χ0) is 37.4. The zero-order valence-corrected chi connectivity index (χ0v) is 31.2. The average Bonchev–Trinajstić information content (AvgIpc) is 3.72. The number of hydrogen-bond donors (Lipinski definition) is 0. The smallest absolute Gasteiger partial charge is 0.181 e. The Balaban J connectivity index is 1.16. The second-order valence-corrected chi connectivity index (χ2v) is 15.2. The number of para-hydroxylation sites is 1. The van der Waals surface area contributed by atoms with Gasteiger partial charge in [0.05, 0.1) is 5.70 Å². The lowest BCUT2D eigenvalue weighted by molar-refractivity contribution is 0.546. The van der Waals surface area contributed by atoms with Crippen molar-refractivity contribution in [2.45, 2.75) is 19.3 Å². The number of fused-ring (bicyclic) bond motifs is 6. The van der Waals surface area contributed by atoms with Crippen LogP contribution in [-0.4, -0.2) is 26.4 Å². The Kier molecular flexibility index (Phi) is 7.20. The Hall–Kier alpha value is -7.11. The van der Waals surface area contributed by atoms with Crippen molar-refractivity contribution in [1.29, 1.82) is 0 Å². The first kappa shape index (κ1) is 32.3. The van der Waals surface area contributed by atoms with Crippen LogP contribution in [-0.2, 0) is 5.41 Å². The van der Waals surface area contributed by atoms with Gasteiger partial charge in [0.2, 0.25) is 0 Å². The number of benzene rings is 7. The number of nitrogens with zero attached hydrogens (tertiary/aromatic N) is 5. The maximum Gasteiger partial charge on any atom is 0.181 e. The third-order valence-electron chi connectivity index (χ3n) is 11.8. The molecule has 5 heteroatoms. The zero-order valence-electron chi connectivity index (χ0n) is 31.2. The van der Waals surface area contributed by atoms with Crippen LogP contribution in [0.25, 0.3) is 66.3 Å². The standard InChI is InChI=1S/C51H37N5/c1-51(2)43-22-12-11-19-37(43)40-29-41-42(30-44(40)51)46(33-15-5-3-6-16-33)38-20-9-10-21-39(38)47(41)34-24-26-35(27-25-34)48-49(50-53-31-52-32-54-50)56(36-17-7-4-8-18-36)45-23-13-14-28-55(45)48/h3-27,29-32H,28H2,1-2H3. The Bertz CT molecular complexity index is 2950. The van der Waals surface area contributed by atoms with E-state index in [9.17, 15) is 0 Å². The highest BCUT2D eigenvalue weighted by atomic mass is 15.4. The summed E-state index contributed by atoms with van der Waals surface area (Å²) < 4.78 is 0. The molecule has 0 saturated carbocycles. The minimum atomic E-state index is -0.114. The summed E-state index contributed by atoms with van der Waals surface area (Å²) in [5.74, 6) is 1.70. The van der Waals surface area contributed by atoms with E-state index >= 15 is 0 Å². The fourth-order valence-electron chi connectivity index (χ4n) is 9.34. The molecule has 7 aromatic carbocycles. The summed E-state index contributed by atoms with van der Waals surface area (Å²) in [4.78, 5) is 18.2. The largest absolute Gasteiger partial charge is 0.321 e. The summed E-state index contributed by atoms with van der Waals surface area (Å²) in [7, 11) is 0. The molecule has 0 saturated heterocycles. The molecule has 56 heavy (non-hydrogen) atoms. The van der Waals surface area contributed by atoms with Crippen molar-refractivity contribution >= 4 is 38.6 Å². The van der Waals surface area contributed by atoms with Gasteiger partial charge in [-0.3, -0.25) is 4.90 Å². The van der Waals surface area contributed by atoms with Gasteiger partial charge in [0.25, 0.3) is 0 Å². The highest BCUT2D eigenvalue weighted by molar-refractivity contribution is 6.22. The van der Waals surface area contributed by atoms with E-state index in [4.69, 9.17) is 9.97 Å². The predicted molar refractivity (Wildman–Crippen MR) is 229 cm³/mol. The molecule has 3 aliphatic rings. The molecule has 0 bridgehead atoms. The van der Waals surface area contributed by atoms with Gasteiger partial charge < -0.3 is 4.90 Å². The molecule has 0 atom stereocenters. The minimum absolute atomic E-state index is 0.114. The van der Waals surface area contributed by atoms with Gasteiger partial charge in [-0.1, -0.05) is 147 Å². The number of allylic oxidation sites excluding steroid dienone is 2. The summed E-state index contributed by atoms with van der Waals surface area (Å²) in [6.45, 7) is 5.47. The van der Waals surface area contributed by atoms with E-state index in [1.54, 1.807) is 12.7 Å². The van der Waals surface area contributed by atoms with Crippen molar-refractivity contribution in [3.8, 4) is 33.4 Å². The Morgan fingerprint density at radius 1 is 0.536 bits per heavy atom. The van der Waals surface area contributed by atoms with Crippen molar-refractivity contribution in [2.24, 2.45) is 0 Å². The molecule has 0 fully saturated rings. The predicted octanol–water partition coefficient (Wildman–Crippen LogP) is 11.9. The highest BCUT2D eigenvalue weighted by Crippen LogP contribution is 2.53. The van der Waals surface area contributed by atoms with Gasteiger partial charge in [-0.05, 0) is 96.4 Å². The second-order valence-electron chi connectivity index (χ2n) is 15.2. The molecule has 0 radical (unpaired) electrons. The molecule has 0 spiro atoms. The third kappa shape index (κ3) is 4.77. The normalized spacial score (nSPS) is 15.3. The second kappa shape index (κ2) is 12.5. The summed E-state index contributed by atoms with van der Waals surface area (Å²) in [6, 6.07) is 53.4. The first-order valence-corrected chi connectivity index (χ1v) is 19.2. The third-order valence-corrected chi connectivity index (χ3v) is 11.8. The van der Waals surface area contributed by atoms with E-state index in [0.29, 0.717) is 5.82 Å². The minimum Gasteiger partial charge on any atom is -0.321 e. The van der Waals surface area contributed by atoms with Crippen molar-refractivity contribution in [2.75, 3.05) is 11.4 Å². The number of anilines is 1. The van der Waals surface area contributed by atoms with E-state index in [0.717, 1.165) is 35.0 Å². The molecular weight excluding hydrogens is 683 g/mol. The van der Waals surface area contributed by atoms with Crippen molar-refractivity contribution in [1.82, 2.24) is 19.9 Å². The molecule has 1 aliphatic carbocycles. The Morgan fingerprint density at radius 3 is 1.88 bits per heavy atom. The highest BCUT2D eigenvalue weighted by Gasteiger charge is 2.39. The molecule has 5 nitrogen and oxygen atoms in total. The van der Waals surface area contributed by atoms with E-state index in [1.165, 1.54) is 66.1 Å². The summed E-state index contributed by atoms with van der Waals surface area (Å²) in [6.07, 6.45) is 9.65. The van der Waals surface area contributed by atoms with Gasteiger partial charge in [0.1, 0.15) is 24.2 Å². The van der Waals surface area contributed by atoms with Crippen molar-refractivity contribution in [3.63, 3.8) is 0 Å². The van der Waals surface area contributed by atoms with E-state index in [2.05, 4.69) is 186 Å². The number of aromatic nitrogens is 3. The van der Waals surface area contributed by atoms with Crippen LogP contribution in [0.3, 0.4) is 0 Å². The van der Waals surface area contributed by atoms with Crippen LogP contribution in [0.15, 0.2) is 182 Å². The van der Waals surface area contributed by atoms with Gasteiger partial charge in [-0.2, -0.15) is 0 Å². The van der Waals surface area contributed by atoms with Crippen LogP contribution in [0.4, 0.5) is 5.69 Å². The number of rotatable bonds is 5. The molecule has 1 aromatic heterocycles. The lowest BCUT2D eigenvalue weighted by Gasteiger charge is -2.28. The van der Waals surface area contributed by atoms with E-state index in [-0.39, 0.29) is 5.41 Å². The van der Waals surface area contributed by atoms with Crippen molar-refractivity contribution in [3.05, 3.63) is 205 Å². The van der Waals surface area contributed by atoms with Crippen LogP contribution in [0.2, 0.25) is 0 Å². The van der Waals surface area contributed by atoms with Crippen LogP contribution < -0.4 is 4.90 Å². The fourth-order valence-corrected chi connectivity index (χ4v) is 9.34. The van der Waals surface area contributed by atoms with E-state index in [1.807, 2.05) is 6.07 Å². The molecule has 3 heterocycles. The monoisotopic (exact) mass is 719 g/mol. The van der Waals surface area contributed by atoms with E-state index < -0.39 is 0 Å². The van der Waals surface area contributed by atoms with Crippen LogP contribution >= 0.6 is 0 Å².